The van der Waals surface area contributed by atoms with Gasteiger partial charge in [0.25, 0.3) is 0 Å². The molecule has 1 heterocycles. The minimum Gasteiger partial charge on any atom is -0.497 e. The molecule has 0 saturated carbocycles. The third kappa shape index (κ3) is 3.19. The van der Waals surface area contributed by atoms with E-state index < -0.39 is 10.9 Å². The Kier molecular flexibility index (Phi) is 4.62. The molecule has 0 atom stereocenters. The van der Waals surface area contributed by atoms with Gasteiger partial charge in [-0.05, 0) is 42.0 Å². The smallest absolute Gasteiger partial charge is 0.250 e. The summed E-state index contributed by atoms with van der Waals surface area (Å²) in [5.74, 6) is 0.828. The molecular weight excluding hydrogens is 364 g/mol. The van der Waals surface area contributed by atoms with Crippen molar-refractivity contribution in [3.8, 4) is 16.9 Å². The van der Waals surface area contributed by atoms with E-state index >= 15 is 0 Å². The first-order valence-corrected chi connectivity index (χ1v) is 9.19. The Hall–Kier alpha value is -2.79. The molecule has 0 radical (unpaired) electrons. The van der Waals surface area contributed by atoms with E-state index in [0.29, 0.717) is 29.4 Å². The van der Waals surface area contributed by atoms with E-state index in [9.17, 15) is 9.59 Å². The van der Waals surface area contributed by atoms with Crippen molar-refractivity contribution in [3.05, 3.63) is 74.0 Å². The van der Waals surface area contributed by atoms with E-state index in [1.54, 1.807) is 31.4 Å². The Morgan fingerprint density at radius 3 is 2.00 bits per heavy atom. The zero-order valence-corrected chi connectivity index (χ0v) is 15.7. The van der Waals surface area contributed by atoms with Crippen molar-refractivity contribution < 1.29 is 4.74 Å². The van der Waals surface area contributed by atoms with Crippen LogP contribution in [-0.2, 0) is 0 Å². The van der Waals surface area contributed by atoms with Crippen molar-refractivity contribution in [2.75, 3.05) is 43.1 Å². The van der Waals surface area contributed by atoms with E-state index in [0.717, 1.165) is 30.1 Å². The van der Waals surface area contributed by atoms with E-state index in [-0.39, 0.29) is 0 Å². The number of nitrogens with zero attached hydrogens (tertiary/aromatic N) is 2. The van der Waals surface area contributed by atoms with Gasteiger partial charge in [0.15, 0.2) is 0 Å². The summed E-state index contributed by atoms with van der Waals surface area (Å²) in [6.07, 6.45) is 0. The van der Waals surface area contributed by atoms with Crippen LogP contribution in [0.1, 0.15) is 0 Å². The van der Waals surface area contributed by atoms with Gasteiger partial charge < -0.3 is 14.5 Å². The molecule has 0 bridgehead atoms. The number of rotatable bonds is 4. The monoisotopic (exact) mass is 382 g/mol. The number of halogens is 1. The Morgan fingerprint density at radius 2 is 1.41 bits per heavy atom. The van der Waals surface area contributed by atoms with Crippen LogP contribution in [0, 0.1) is 0 Å². The molecule has 0 N–H and O–H groups in total. The number of hydrogen-bond donors (Lipinski definition) is 0. The number of ether oxygens (including phenoxy) is 1. The van der Waals surface area contributed by atoms with Gasteiger partial charge in [-0.25, -0.2) is 0 Å². The van der Waals surface area contributed by atoms with Gasteiger partial charge in [0, 0.05) is 36.9 Å². The van der Waals surface area contributed by atoms with Gasteiger partial charge in [0.1, 0.15) is 11.4 Å². The van der Waals surface area contributed by atoms with E-state index in [4.69, 9.17) is 16.3 Å². The molecule has 3 aromatic rings. The highest BCUT2D eigenvalue weighted by atomic mass is 35.5. The highest BCUT2D eigenvalue weighted by Gasteiger charge is 2.29. The number of piperazine rings is 1. The van der Waals surface area contributed by atoms with Crippen LogP contribution in [0.3, 0.4) is 0 Å². The lowest BCUT2D eigenvalue weighted by molar-refractivity contribution is 0.415. The topological polar surface area (TPSA) is 49.9 Å². The second-order valence-corrected chi connectivity index (χ2v) is 7.00. The second-order valence-electron chi connectivity index (χ2n) is 6.56. The van der Waals surface area contributed by atoms with Gasteiger partial charge in [-0.2, -0.15) is 0 Å². The molecule has 1 fully saturated rings. The Bertz CT molecular complexity index is 1010. The first kappa shape index (κ1) is 17.6. The van der Waals surface area contributed by atoms with Crippen molar-refractivity contribution in [1.82, 2.24) is 0 Å². The third-order valence-corrected chi connectivity index (χ3v) is 5.30. The maximum absolute atomic E-state index is 12.2. The Balaban J connectivity index is 1.52. The second kappa shape index (κ2) is 7.08. The van der Waals surface area contributed by atoms with Crippen molar-refractivity contribution in [2.24, 2.45) is 0 Å². The van der Waals surface area contributed by atoms with Crippen LogP contribution < -0.4 is 25.4 Å². The summed E-state index contributed by atoms with van der Waals surface area (Å²) in [6.45, 7) is 2.95. The lowest BCUT2D eigenvalue weighted by Crippen LogP contribution is -2.51. The average Bonchev–Trinajstić information content (AvgIpc) is 2.72. The quantitative estimate of drug-likeness (QED) is 0.649. The van der Waals surface area contributed by atoms with E-state index in [1.807, 2.05) is 29.2 Å². The largest absolute Gasteiger partial charge is 0.497 e. The van der Waals surface area contributed by atoms with E-state index in [1.165, 1.54) is 0 Å². The van der Waals surface area contributed by atoms with E-state index in [2.05, 4.69) is 4.90 Å². The summed E-state index contributed by atoms with van der Waals surface area (Å²) in [6, 6.07) is 15.0. The summed E-state index contributed by atoms with van der Waals surface area (Å²) >= 11 is 5.93. The molecule has 3 aromatic carbocycles. The molecular formula is C21H19ClN2O3. The maximum Gasteiger partial charge on any atom is 0.250 e. The standard InChI is InChI=1S/C21H19ClN2O3/c1-27-17-8-6-16(7-9-17)23-10-12-24(13-11-23)19-18(20(25)21(19)26)14-2-4-15(22)5-3-14/h2-9H,10-13H2,1H3. The van der Waals surface area contributed by atoms with Gasteiger partial charge in [0.05, 0.1) is 12.7 Å². The number of anilines is 2. The highest BCUT2D eigenvalue weighted by molar-refractivity contribution is 6.30. The van der Waals surface area contributed by atoms with Crippen molar-refractivity contribution in [2.45, 2.75) is 0 Å². The molecule has 1 aliphatic rings. The fraction of sp³-hybridized carbons (Fsp3) is 0.238. The molecule has 0 aromatic heterocycles. The number of hydrogen-bond acceptors (Lipinski definition) is 5. The van der Waals surface area contributed by atoms with Gasteiger partial charge in [-0.1, -0.05) is 23.7 Å². The summed E-state index contributed by atoms with van der Waals surface area (Å²) < 4.78 is 5.20. The molecule has 27 heavy (non-hydrogen) atoms. The minimum absolute atomic E-state index is 0.391. The SMILES string of the molecule is COc1ccc(N2CCN(c3c(-c4ccc(Cl)cc4)c(=O)c3=O)CC2)cc1. The van der Waals surface area contributed by atoms with Crippen LogP contribution in [0.15, 0.2) is 58.1 Å². The minimum atomic E-state index is -0.412. The Labute approximate surface area is 162 Å². The van der Waals surface area contributed by atoms with Crippen molar-refractivity contribution in [1.29, 1.82) is 0 Å². The van der Waals surface area contributed by atoms with Gasteiger partial charge in [0.2, 0.25) is 10.9 Å². The fourth-order valence-corrected chi connectivity index (χ4v) is 3.67. The molecule has 138 valence electrons. The zero-order valence-electron chi connectivity index (χ0n) is 14.9. The summed E-state index contributed by atoms with van der Waals surface area (Å²) in [5.41, 5.74) is 2.11. The molecule has 1 aliphatic heterocycles. The molecule has 0 unspecified atom stereocenters. The summed E-state index contributed by atoms with van der Waals surface area (Å²) in [7, 11) is 1.65. The normalized spacial score (nSPS) is 14.6. The van der Waals surface area contributed by atoms with Crippen LogP contribution in [0.2, 0.25) is 5.02 Å². The first-order valence-electron chi connectivity index (χ1n) is 8.81. The van der Waals surface area contributed by atoms with Crippen LogP contribution >= 0.6 is 11.6 Å². The lowest BCUT2D eigenvalue weighted by Gasteiger charge is -2.38. The first-order chi connectivity index (χ1) is 13.1. The number of benzene rings is 2. The molecule has 4 rings (SSSR count). The van der Waals surface area contributed by atoms with Crippen molar-refractivity contribution in [3.63, 3.8) is 0 Å². The molecule has 6 heteroatoms. The molecule has 0 spiro atoms. The van der Waals surface area contributed by atoms with Gasteiger partial charge >= 0.3 is 0 Å². The van der Waals surface area contributed by atoms with Crippen LogP contribution in [0.5, 0.6) is 5.75 Å². The summed E-state index contributed by atoms with van der Waals surface area (Å²) in [4.78, 5) is 28.7. The third-order valence-electron chi connectivity index (χ3n) is 5.05. The van der Waals surface area contributed by atoms with Crippen LogP contribution in [0.4, 0.5) is 11.4 Å². The Morgan fingerprint density at radius 1 is 0.815 bits per heavy atom. The van der Waals surface area contributed by atoms with Crippen LogP contribution in [0.25, 0.3) is 11.1 Å². The molecule has 0 aliphatic carbocycles. The summed E-state index contributed by atoms with van der Waals surface area (Å²) in [5, 5.41) is 0.604. The molecule has 0 amide bonds. The van der Waals surface area contributed by atoms with Gasteiger partial charge in [-0.15, -0.1) is 0 Å². The molecule has 5 nitrogen and oxygen atoms in total. The van der Waals surface area contributed by atoms with Gasteiger partial charge in [-0.3, -0.25) is 9.59 Å². The van der Waals surface area contributed by atoms with Crippen molar-refractivity contribution >= 4 is 23.0 Å². The fourth-order valence-electron chi connectivity index (χ4n) is 3.55. The highest BCUT2D eigenvalue weighted by Crippen LogP contribution is 2.29. The van der Waals surface area contributed by atoms with Crippen LogP contribution in [-0.4, -0.2) is 33.3 Å². The lowest BCUT2D eigenvalue weighted by atomic mass is 9.97. The zero-order chi connectivity index (χ0) is 19.0. The maximum atomic E-state index is 12.2. The molecule has 1 saturated heterocycles. The number of methoxy groups -OCH3 is 1. The predicted molar refractivity (Wildman–Crippen MR) is 109 cm³/mol. The average molecular weight is 383 g/mol. The predicted octanol–water partition coefficient (Wildman–Crippen LogP) is 2.94.